The first kappa shape index (κ1) is 10.8. The van der Waals surface area contributed by atoms with Gasteiger partial charge in [0.1, 0.15) is 0 Å². The summed E-state index contributed by atoms with van der Waals surface area (Å²) in [5, 5.41) is 9.63. The normalized spacial score (nSPS) is 12.9. The van der Waals surface area contributed by atoms with Crippen LogP contribution in [-0.2, 0) is 13.0 Å². The van der Waals surface area contributed by atoms with E-state index < -0.39 is 0 Å². The van der Waals surface area contributed by atoms with Gasteiger partial charge >= 0.3 is 0 Å². The van der Waals surface area contributed by atoms with Crippen molar-refractivity contribution >= 4 is 11.6 Å². The number of benzene rings is 1. The highest BCUT2D eigenvalue weighted by molar-refractivity contribution is 5.94. The van der Waals surface area contributed by atoms with E-state index in [4.69, 9.17) is 0 Å². The van der Waals surface area contributed by atoms with Gasteiger partial charge in [0.2, 0.25) is 6.39 Å². The fourth-order valence-electron chi connectivity index (χ4n) is 1.98. The summed E-state index contributed by atoms with van der Waals surface area (Å²) in [6, 6.07) is 5.66. The van der Waals surface area contributed by atoms with Crippen LogP contribution in [0.5, 0.6) is 0 Å². The lowest BCUT2D eigenvalue weighted by atomic mass is 10.1. The minimum atomic E-state index is -0.130. The Bertz CT molecular complexity index is 565. The number of fused-ring (bicyclic) bond motifs is 1. The average Bonchev–Trinajstić information content (AvgIpc) is 3.05. The smallest absolute Gasteiger partial charge is 0.251 e. The topological polar surface area (TPSA) is 80.1 Å². The molecule has 2 heterocycles. The van der Waals surface area contributed by atoms with Crippen molar-refractivity contribution in [2.24, 2.45) is 0 Å². The van der Waals surface area contributed by atoms with Crippen molar-refractivity contribution in [1.82, 2.24) is 15.5 Å². The Labute approximate surface area is 103 Å². The molecule has 0 unspecified atom stereocenters. The van der Waals surface area contributed by atoms with Crippen LogP contribution in [0.1, 0.15) is 21.7 Å². The number of carbonyl (C=O) groups is 1. The molecule has 1 aliphatic heterocycles. The lowest BCUT2D eigenvalue weighted by Crippen LogP contribution is -2.23. The highest BCUT2D eigenvalue weighted by Gasteiger charge is 2.13. The molecule has 1 aliphatic rings. The van der Waals surface area contributed by atoms with Gasteiger partial charge in [-0.1, -0.05) is 5.16 Å². The van der Waals surface area contributed by atoms with Crippen LogP contribution in [0.25, 0.3) is 0 Å². The Morgan fingerprint density at radius 3 is 3.28 bits per heavy atom. The molecule has 1 amide bonds. The summed E-state index contributed by atoms with van der Waals surface area (Å²) < 4.78 is 4.59. The van der Waals surface area contributed by atoms with Crippen molar-refractivity contribution in [3.63, 3.8) is 0 Å². The number of anilines is 1. The number of hydrogen-bond donors (Lipinski definition) is 2. The van der Waals surface area contributed by atoms with Crippen LogP contribution in [0.4, 0.5) is 5.69 Å². The van der Waals surface area contributed by atoms with Crippen LogP contribution in [0.3, 0.4) is 0 Å². The molecule has 0 saturated carbocycles. The Balaban J connectivity index is 1.69. The van der Waals surface area contributed by atoms with Gasteiger partial charge in [-0.2, -0.15) is 4.98 Å². The molecule has 1 aromatic heterocycles. The second kappa shape index (κ2) is 4.48. The van der Waals surface area contributed by atoms with Crippen LogP contribution in [0.2, 0.25) is 0 Å². The minimum Gasteiger partial charge on any atom is -0.384 e. The van der Waals surface area contributed by atoms with Crippen molar-refractivity contribution in [2.75, 3.05) is 11.9 Å². The maximum Gasteiger partial charge on any atom is 0.251 e. The second-order valence-electron chi connectivity index (χ2n) is 4.08. The molecule has 6 nitrogen and oxygen atoms in total. The fourth-order valence-corrected chi connectivity index (χ4v) is 1.98. The van der Waals surface area contributed by atoms with E-state index >= 15 is 0 Å². The zero-order chi connectivity index (χ0) is 12.4. The Morgan fingerprint density at radius 2 is 2.44 bits per heavy atom. The van der Waals surface area contributed by atoms with E-state index in [1.807, 2.05) is 18.2 Å². The predicted molar refractivity (Wildman–Crippen MR) is 64.1 cm³/mol. The Morgan fingerprint density at radius 1 is 1.50 bits per heavy atom. The molecule has 0 fully saturated rings. The third kappa shape index (κ3) is 2.04. The molecule has 0 bridgehead atoms. The van der Waals surface area contributed by atoms with Gasteiger partial charge in [0.15, 0.2) is 5.82 Å². The highest BCUT2D eigenvalue weighted by atomic mass is 16.5. The SMILES string of the molecule is O=C(NCc1ncon1)c1ccc2c(c1)CCN2. The third-order valence-corrected chi connectivity index (χ3v) is 2.89. The summed E-state index contributed by atoms with van der Waals surface area (Å²) in [7, 11) is 0. The summed E-state index contributed by atoms with van der Waals surface area (Å²) >= 11 is 0. The van der Waals surface area contributed by atoms with Crippen molar-refractivity contribution in [3.8, 4) is 0 Å². The van der Waals surface area contributed by atoms with Crippen LogP contribution < -0.4 is 10.6 Å². The lowest BCUT2D eigenvalue weighted by molar-refractivity contribution is 0.0949. The summed E-state index contributed by atoms with van der Waals surface area (Å²) in [5.41, 5.74) is 2.95. The van der Waals surface area contributed by atoms with E-state index in [1.165, 1.54) is 12.0 Å². The molecule has 1 aromatic carbocycles. The average molecular weight is 244 g/mol. The number of aromatic nitrogens is 2. The van der Waals surface area contributed by atoms with Crippen molar-refractivity contribution in [2.45, 2.75) is 13.0 Å². The molecule has 2 N–H and O–H groups in total. The zero-order valence-electron chi connectivity index (χ0n) is 9.64. The van der Waals surface area contributed by atoms with E-state index in [0.29, 0.717) is 11.4 Å². The first-order valence-corrected chi connectivity index (χ1v) is 5.73. The van der Waals surface area contributed by atoms with Gasteiger partial charge in [-0.25, -0.2) is 0 Å². The highest BCUT2D eigenvalue weighted by Crippen LogP contribution is 2.22. The summed E-state index contributed by atoms with van der Waals surface area (Å²) in [6.45, 7) is 1.20. The summed E-state index contributed by atoms with van der Waals surface area (Å²) in [5.74, 6) is 0.334. The van der Waals surface area contributed by atoms with Crippen molar-refractivity contribution < 1.29 is 9.32 Å². The summed E-state index contributed by atoms with van der Waals surface area (Å²) in [4.78, 5) is 15.8. The van der Waals surface area contributed by atoms with Crippen LogP contribution in [-0.4, -0.2) is 22.6 Å². The van der Waals surface area contributed by atoms with E-state index in [0.717, 1.165) is 18.7 Å². The van der Waals surface area contributed by atoms with E-state index in [1.54, 1.807) is 0 Å². The molecule has 0 radical (unpaired) electrons. The molecular weight excluding hydrogens is 232 g/mol. The molecule has 0 aliphatic carbocycles. The molecule has 3 rings (SSSR count). The maximum atomic E-state index is 11.9. The molecule has 6 heteroatoms. The predicted octanol–water partition coefficient (Wildman–Crippen LogP) is 0.968. The van der Waals surface area contributed by atoms with Crippen molar-refractivity contribution in [3.05, 3.63) is 41.5 Å². The maximum absolute atomic E-state index is 11.9. The van der Waals surface area contributed by atoms with Gasteiger partial charge in [-0.05, 0) is 30.2 Å². The quantitative estimate of drug-likeness (QED) is 0.840. The first-order valence-electron chi connectivity index (χ1n) is 5.73. The second-order valence-corrected chi connectivity index (χ2v) is 4.08. The number of hydrogen-bond acceptors (Lipinski definition) is 5. The Hall–Kier alpha value is -2.37. The van der Waals surface area contributed by atoms with Crippen molar-refractivity contribution in [1.29, 1.82) is 0 Å². The number of carbonyl (C=O) groups excluding carboxylic acids is 1. The van der Waals surface area contributed by atoms with Gasteiger partial charge < -0.3 is 15.2 Å². The number of nitrogens with one attached hydrogen (secondary N) is 2. The number of amides is 1. The van der Waals surface area contributed by atoms with E-state index in [-0.39, 0.29) is 12.5 Å². The molecule has 92 valence electrons. The first-order chi connectivity index (χ1) is 8.83. The molecule has 2 aromatic rings. The summed E-state index contributed by atoms with van der Waals surface area (Å²) in [6.07, 6.45) is 2.20. The standard InChI is InChI=1S/C12H12N4O2/c17-12(14-6-11-15-7-18-16-11)9-1-2-10-8(5-9)3-4-13-10/h1-2,5,7,13H,3-4,6H2,(H,14,17). The lowest BCUT2D eigenvalue weighted by Gasteiger charge is -2.05. The van der Waals surface area contributed by atoms with E-state index in [2.05, 4.69) is 25.3 Å². The van der Waals surface area contributed by atoms with Crippen LogP contribution >= 0.6 is 0 Å². The molecule has 0 spiro atoms. The van der Waals surface area contributed by atoms with E-state index in [9.17, 15) is 4.79 Å². The molecule has 0 saturated heterocycles. The van der Waals surface area contributed by atoms with Gasteiger partial charge in [0.05, 0.1) is 6.54 Å². The molecule has 0 atom stereocenters. The third-order valence-electron chi connectivity index (χ3n) is 2.89. The van der Waals surface area contributed by atoms with Gasteiger partial charge in [0.25, 0.3) is 5.91 Å². The monoisotopic (exact) mass is 244 g/mol. The van der Waals surface area contributed by atoms with Gasteiger partial charge in [0, 0.05) is 17.8 Å². The molecule has 18 heavy (non-hydrogen) atoms. The van der Waals surface area contributed by atoms with Gasteiger partial charge in [-0.15, -0.1) is 0 Å². The van der Waals surface area contributed by atoms with Gasteiger partial charge in [-0.3, -0.25) is 4.79 Å². The molecular formula is C12H12N4O2. The number of nitrogens with zero attached hydrogens (tertiary/aromatic N) is 2. The fraction of sp³-hybridized carbons (Fsp3) is 0.250. The number of rotatable bonds is 3. The Kier molecular flexibility index (Phi) is 2.68. The van der Waals surface area contributed by atoms with Crippen LogP contribution in [0, 0.1) is 0 Å². The van der Waals surface area contributed by atoms with Crippen LogP contribution in [0.15, 0.2) is 29.1 Å². The zero-order valence-corrected chi connectivity index (χ0v) is 9.64. The minimum absolute atomic E-state index is 0.130. The largest absolute Gasteiger partial charge is 0.384 e.